The first kappa shape index (κ1) is 22.0. The zero-order valence-electron chi connectivity index (χ0n) is 15.8. The van der Waals surface area contributed by atoms with Gasteiger partial charge in [0.15, 0.2) is 5.37 Å². The van der Waals surface area contributed by atoms with Gasteiger partial charge < -0.3 is 10.2 Å². The van der Waals surface area contributed by atoms with Crippen LogP contribution in [0.1, 0.15) is 26.3 Å². The molecule has 1 aromatic carbocycles. The smallest absolute Gasteiger partial charge is 0.337 e. The lowest BCUT2D eigenvalue weighted by Gasteiger charge is -2.28. The molecule has 1 aromatic rings. The topological polar surface area (TPSA) is 52.7 Å². The molecule has 1 fully saturated rings. The van der Waals surface area contributed by atoms with Crippen LogP contribution >= 0.6 is 11.8 Å². The van der Waals surface area contributed by atoms with Crippen molar-refractivity contribution in [3.05, 3.63) is 29.8 Å². The summed E-state index contributed by atoms with van der Waals surface area (Å²) in [6, 6.07) is 4.07. The molecule has 2 rings (SSSR count). The first-order valence-electron chi connectivity index (χ1n) is 8.52. The van der Waals surface area contributed by atoms with Gasteiger partial charge in [0.25, 0.3) is 5.91 Å². The SMILES string of the molecule is C#CCN(C(=O)NCC(C)(C)C)C1SCN(c2cccc(C(F)(F)F)c2)C1=O. The van der Waals surface area contributed by atoms with Gasteiger partial charge in [-0.1, -0.05) is 32.8 Å². The molecule has 0 radical (unpaired) electrons. The Hall–Kier alpha value is -2.34. The van der Waals surface area contributed by atoms with E-state index in [-0.39, 0.29) is 23.5 Å². The Bertz CT molecular complexity index is 784. The predicted octanol–water partition coefficient (Wildman–Crippen LogP) is 3.76. The third-order valence-electron chi connectivity index (χ3n) is 3.90. The highest BCUT2D eigenvalue weighted by atomic mass is 32.2. The molecule has 3 amide bonds. The lowest BCUT2D eigenvalue weighted by molar-refractivity contribution is -0.137. The number of hydrogen-bond acceptors (Lipinski definition) is 3. The van der Waals surface area contributed by atoms with Crippen molar-refractivity contribution in [3.8, 4) is 12.3 Å². The molecule has 1 aliphatic heterocycles. The number of benzene rings is 1. The second-order valence-electron chi connectivity index (χ2n) is 7.51. The maximum atomic E-state index is 13.0. The van der Waals surface area contributed by atoms with Gasteiger partial charge in [0, 0.05) is 12.2 Å². The van der Waals surface area contributed by atoms with Crippen LogP contribution in [0.4, 0.5) is 23.7 Å². The Morgan fingerprint density at radius 2 is 2.07 bits per heavy atom. The number of anilines is 1. The number of carbonyl (C=O) groups excluding carboxylic acids is 2. The van der Waals surface area contributed by atoms with Gasteiger partial charge >= 0.3 is 12.2 Å². The number of carbonyl (C=O) groups is 2. The standard InChI is InChI=1S/C19H22F3N3O2S/c1-5-9-24(17(27)23-11-18(2,3)4)16-15(26)25(12-28-16)14-8-6-7-13(10-14)19(20,21)22/h1,6-8,10,16H,9,11-12H2,2-4H3,(H,23,27). The maximum absolute atomic E-state index is 13.0. The second kappa shape index (κ2) is 8.35. The van der Waals surface area contributed by atoms with Crippen molar-refractivity contribution >= 4 is 29.4 Å². The number of nitrogens with zero attached hydrogens (tertiary/aromatic N) is 2. The van der Waals surface area contributed by atoms with E-state index in [0.717, 1.165) is 23.9 Å². The van der Waals surface area contributed by atoms with E-state index in [1.807, 2.05) is 20.8 Å². The van der Waals surface area contributed by atoms with E-state index in [0.29, 0.717) is 6.54 Å². The van der Waals surface area contributed by atoms with Crippen LogP contribution in [0.25, 0.3) is 0 Å². The van der Waals surface area contributed by atoms with Crippen LogP contribution in [0.2, 0.25) is 0 Å². The van der Waals surface area contributed by atoms with Crippen molar-refractivity contribution in [2.24, 2.45) is 5.41 Å². The molecular formula is C19H22F3N3O2S. The first-order valence-corrected chi connectivity index (χ1v) is 9.57. The summed E-state index contributed by atoms with van der Waals surface area (Å²) in [6.07, 6.45) is 0.839. The van der Waals surface area contributed by atoms with Crippen LogP contribution in [-0.2, 0) is 11.0 Å². The maximum Gasteiger partial charge on any atom is 0.416 e. The number of urea groups is 1. The number of terminal acetylenes is 1. The molecule has 152 valence electrons. The lowest BCUT2D eigenvalue weighted by atomic mass is 9.97. The summed E-state index contributed by atoms with van der Waals surface area (Å²) in [5, 5.41) is 1.85. The van der Waals surface area contributed by atoms with Gasteiger partial charge in [-0.15, -0.1) is 18.2 Å². The van der Waals surface area contributed by atoms with Crippen LogP contribution in [0.3, 0.4) is 0 Å². The van der Waals surface area contributed by atoms with Crippen LogP contribution in [0.15, 0.2) is 24.3 Å². The Labute approximate surface area is 166 Å². The Balaban J connectivity index is 2.19. The van der Waals surface area contributed by atoms with Crippen molar-refractivity contribution < 1.29 is 22.8 Å². The molecule has 5 nitrogen and oxygen atoms in total. The van der Waals surface area contributed by atoms with E-state index < -0.39 is 29.1 Å². The molecule has 0 aliphatic carbocycles. The minimum Gasteiger partial charge on any atom is -0.337 e. The summed E-state index contributed by atoms with van der Waals surface area (Å²) < 4.78 is 38.9. The van der Waals surface area contributed by atoms with Crippen molar-refractivity contribution in [1.29, 1.82) is 0 Å². The predicted molar refractivity (Wildman–Crippen MR) is 104 cm³/mol. The molecule has 28 heavy (non-hydrogen) atoms. The summed E-state index contributed by atoms with van der Waals surface area (Å²) >= 11 is 1.14. The van der Waals surface area contributed by atoms with E-state index in [2.05, 4.69) is 11.2 Å². The minimum absolute atomic E-state index is 0.0875. The number of thioether (sulfide) groups is 1. The van der Waals surface area contributed by atoms with E-state index in [9.17, 15) is 22.8 Å². The third-order valence-corrected chi connectivity index (χ3v) is 5.08. The average molecular weight is 413 g/mol. The zero-order valence-corrected chi connectivity index (χ0v) is 16.7. The number of halogens is 3. The number of hydrogen-bond donors (Lipinski definition) is 1. The Morgan fingerprint density at radius 3 is 2.64 bits per heavy atom. The van der Waals surface area contributed by atoms with Crippen molar-refractivity contribution in [2.45, 2.75) is 32.3 Å². The van der Waals surface area contributed by atoms with E-state index >= 15 is 0 Å². The molecule has 1 saturated heterocycles. The summed E-state index contributed by atoms with van der Waals surface area (Å²) in [4.78, 5) is 27.8. The summed E-state index contributed by atoms with van der Waals surface area (Å²) in [7, 11) is 0. The van der Waals surface area contributed by atoms with Gasteiger partial charge in [-0.05, 0) is 23.6 Å². The van der Waals surface area contributed by atoms with Crippen molar-refractivity contribution in [1.82, 2.24) is 10.2 Å². The molecule has 0 aromatic heterocycles. The van der Waals surface area contributed by atoms with Crippen LogP contribution in [-0.4, -0.2) is 41.2 Å². The molecule has 1 heterocycles. The second-order valence-corrected chi connectivity index (χ2v) is 8.55. The number of amides is 3. The van der Waals surface area contributed by atoms with E-state index in [4.69, 9.17) is 6.42 Å². The number of alkyl halides is 3. The average Bonchev–Trinajstić information content (AvgIpc) is 2.97. The normalized spacial score (nSPS) is 17.4. The molecule has 1 unspecified atom stereocenters. The molecule has 9 heteroatoms. The van der Waals surface area contributed by atoms with Gasteiger partial charge in [0.2, 0.25) is 0 Å². The summed E-state index contributed by atoms with van der Waals surface area (Å²) in [5.41, 5.74) is -0.866. The fourth-order valence-corrected chi connectivity index (χ4v) is 3.68. The summed E-state index contributed by atoms with van der Waals surface area (Å²) in [6.45, 7) is 6.14. The molecule has 1 aliphatic rings. The molecule has 1 N–H and O–H groups in total. The van der Waals surface area contributed by atoms with Gasteiger partial charge in [-0.3, -0.25) is 9.69 Å². The zero-order chi connectivity index (χ0) is 21.1. The highest BCUT2D eigenvalue weighted by Crippen LogP contribution is 2.35. The van der Waals surface area contributed by atoms with Gasteiger partial charge in [0.1, 0.15) is 0 Å². The third kappa shape index (κ3) is 5.35. The lowest BCUT2D eigenvalue weighted by Crippen LogP contribution is -2.50. The van der Waals surface area contributed by atoms with E-state index in [1.165, 1.54) is 21.9 Å². The highest BCUT2D eigenvalue weighted by molar-refractivity contribution is 8.01. The monoisotopic (exact) mass is 413 g/mol. The van der Waals surface area contributed by atoms with Crippen molar-refractivity contribution in [2.75, 3.05) is 23.9 Å². The summed E-state index contributed by atoms with van der Waals surface area (Å²) in [5.74, 6) is 2.00. The number of rotatable bonds is 4. The Morgan fingerprint density at radius 1 is 1.39 bits per heavy atom. The molecule has 0 spiro atoms. The van der Waals surface area contributed by atoms with Crippen LogP contribution in [0.5, 0.6) is 0 Å². The molecular weight excluding hydrogens is 391 g/mol. The molecule has 0 saturated carbocycles. The van der Waals surface area contributed by atoms with Gasteiger partial charge in [-0.2, -0.15) is 13.2 Å². The minimum atomic E-state index is -4.51. The van der Waals surface area contributed by atoms with E-state index in [1.54, 1.807) is 0 Å². The van der Waals surface area contributed by atoms with Gasteiger partial charge in [0.05, 0.1) is 18.0 Å². The quantitative estimate of drug-likeness (QED) is 0.765. The van der Waals surface area contributed by atoms with Crippen LogP contribution < -0.4 is 10.2 Å². The molecule has 1 atom stereocenters. The fourth-order valence-electron chi connectivity index (χ4n) is 2.49. The highest BCUT2D eigenvalue weighted by Gasteiger charge is 2.40. The van der Waals surface area contributed by atoms with Crippen molar-refractivity contribution in [3.63, 3.8) is 0 Å². The largest absolute Gasteiger partial charge is 0.416 e. The number of nitrogens with one attached hydrogen (secondary N) is 1. The first-order chi connectivity index (χ1) is 12.9. The van der Waals surface area contributed by atoms with Crippen LogP contribution in [0, 0.1) is 17.8 Å². The Kier molecular flexibility index (Phi) is 6.55. The van der Waals surface area contributed by atoms with Gasteiger partial charge in [-0.25, -0.2) is 4.79 Å². The fraction of sp³-hybridized carbons (Fsp3) is 0.474. The molecule has 0 bridgehead atoms.